The average Bonchev–Trinajstić information content (AvgIpc) is 2.66. The molecule has 1 unspecified atom stereocenters. The van der Waals surface area contributed by atoms with Crippen molar-refractivity contribution < 1.29 is 9.18 Å². The minimum atomic E-state index is -0.323. The number of aromatic nitrogens is 2. The van der Waals surface area contributed by atoms with Crippen molar-refractivity contribution in [3.63, 3.8) is 0 Å². The lowest BCUT2D eigenvalue weighted by Crippen LogP contribution is -2.44. The van der Waals surface area contributed by atoms with Gasteiger partial charge in [-0.05, 0) is 42.9 Å². The molecule has 152 valence electrons. The first-order valence-electron chi connectivity index (χ1n) is 9.67. The van der Waals surface area contributed by atoms with Crippen molar-refractivity contribution in [2.24, 2.45) is 5.41 Å². The Morgan fingerprint density at radius 2 is 2.21 bits per heavy atom. The second-order valence-electron chi connectivity index (χ2n) is 8.08. The molecule has 0 radical (unpaired) electrons. The van der Waals surface area contributed by atoms with Crippen molar-refractivity contribution in [1.29, 1.82) is 5.41 Å². The molecule has 1 aliphatic rings. The molecule has 6 nitrogen and oxygen atoms in total. The number of carbonyl (C=O) groups is 1. The predicted molar refractivity (Wildman–Crippen MR) is 111 cm³/mol. The van der Waals surface area contributed by atoms with Crippen LogP contribution in [0.2, 0.25) is 0 Å². The lowest BCUT2D eigenvalue weighted by atomic mass is 9.74. The van der Waals surface area contributed by atoms with E-state index in [0.717, 1.165) is 23.4 Å². The highest BCUT2D eigenvalue weighted by molar-refractivity contribution is 5.84. The lowest BCUT2D eigenvalue weighted by molar-refractivity contribution is -0.121. The van der Waals surface area contributed by atoms with Crippen LogP contribution in [-0.4, -0.2) is 28.1 Å². The Bertz CT molecular complexity index is 910. The molecule has 0 spiro atoms. The van der Waals surface area contributed by atoms with E-state index < -0.39 is 0 Å². The molecule has 1 aromatic heterocycles. The number of halogens is 1. The molecule has 3 N–H and O–H groups in total. The summed E-state index contributed by atoms with van der Waals surface area (Å²) in [6.45, 7) is 4.25. The molecule has 1 aromatic carbocycles. The summed E-state index contributed by atoms with van der Waals surface area (Å²) >= 11 is 0. The number of amides is 1. The standard InChI is InChI=1S/C22H26FN5O/c1-22(2)11-19(27-16-5-3-4-15(23)10-16)18(13-24)20(12-22)28-21(29)7-6-17-14-25-8-9-26-17/h3-5,8-10,13-14,20,24,27H,6-7,11-12H2,1-2H3,(H,28,29). The zero-order valence-corrected chi connectivity index (χ0v) is 16.7. The SMILES string of the molecule is CC1(C)CC(Nc2cccc(F)c2)=C(C=N)C(NC(=O)CCc2cnccn2)C1. The van der Waals surface area contributed by atoms with E-state index in [4.69, 9.17) is 5.41 Å². The third kappa shape index (κ3) is 5.70. The van der Waals surface area contributed by atoms with Crippen LogP contribution in [0.5, 0.6) is 0 Å². The van der Waals surface area contributed by atoms with Gasteiger partial charge in [0.2, 0.25) is 5.91 Å². The fourth-order valence-electron chi connectivity index (χ4n) is 3.67. The van der Waals surface area contributed by atoms with Gasteiger partial charge in [-0.2, -0.15) is 0 Å². The van der Waals surface area contributed by atoms with E-state index in [1.807, 2.05) is 0 Å². The molecular formula is C22H26FN5O. The molecule has 0 saturated heterocycles. The van der Waals surface area contributed by atoms with Crippen molar-refractivity contribution in [2.75, 3.05) is 5.32 Å². The highest BCUT2D eigenvalue weighted by Crippen LogP contribution is 2.38. The number of carbonyl (C=O) groups excluding carboxylic acids is 1. The van der Waals surface area contributed by atoms with Crippen LogP contribution >= 0.6 is 0 Å². The number of allylic oxidation sites excluding steroid dienone is 1. The van der Waals surface area contributed by atoms with Gasteiger partial charge in [-0.25, -0.2) is 4.39 Å². The highest BCUT2D eigenvalue weighted by atomic mass is 19.1. The third-order valence-electron chi connectivity index (χ3n) is 4.97. The van der Waals surface area contributed by atoms with Crippen LogP contribution in [0.25, 0.3) is 0 Å². The van der Waals surface area contributed by atoms with Crippen LogP contribution in [0.1, 0.15) is 38.8 Å². The summed E-state index contributed by atoms with van der Waals surface area (Å²) in [5, 5.41) is 14.2. The van der Waals surface area contributed by atoms with Gasteiger partial charge in [0.25, 0.3) is 0 Å². The monoisotopic (exact) mass is 395 g/mol. The maximum absolute atomic E-state index is 13.6. The number of hydrogen-bond donors (Lipinski definition) is 3. The molecule has 2 aromatic rings. The molecule has 0 fully saturated rings. The number of nitrogens with zero attached hydrogens (tertiary/aromatic N) is 2. The fourth-order valence-corrected chi connectivity index (χ4v) is 3.67. The van der Waals surface area contributed by atoms with Crippen LogP contribution in [0.15, 0.2) is 54.1 Å². The Labute approximate surface area is 170 Å². The van der Waals surface area contributed by atoms with Crippen molar-refractivity contribution in [1.82, 2.24) is 15.3 Å². The van der Waals surface area contributed by atoms with Crippen molar-refractivity contribution in [3.05, 3.63) is 65.6 Å². The van der Waals surface area contributed by atoms with Crippen molar-refractivity contribution in [2.45, 2.75) is 45.6 Å². The van der Waals surface area contributed by atoms with Crippen LogP contribution in [0, 0.1) is 16.6 Å². The van der Waals surface area contributed by atoms with Gasteiger partial charge in [0.1, 0.15) is 5.82 Å². The first kappa shape index (κ1) is 20.6. The normalized spacial score (nSPS) is 18.2. The Hall–Kier alpha value is -3.09. The Kier molecular flexibility index (Phi) is 6.36. The molecule has 1 aliphatic carbocycles. The second kappa shape index (κ2) is 8.94. The summed E-state index contributed by atoms with van der Waals surface area (Å²) in [7, 11) is 0. The number of anilines is 1. The number of nitrogens with one attached hydrogen (secondary N) is 3. The van der Waals surface area contributed by atoms with E-state index >= 15 is 0 Å². The van der Waals surface area contributed by atoms with Gasteiger partial charge < -0.3 is 16.0 Å². The zero-order chi connectivity index (χ0) is 20.9. The number of hydrogen-bond acceptors (Lipinski definition) is 5. The van der Waals surface area contributed by atoms with Gasteiger partial charge in [-0.3, -0.25) is 14.8 Å². The quantitative estimate of drug-likeness (QED) is 0.621. The second-order valence-corrected chi connectivity index (χ2v) is 8.08. The molecule has 29 heavy (non-hydrogen) atoms. The zero-order valence-electron chi connectivity index (χ0n) is 16.7. The fraction of sp³-hybridized carbons (Fsp3) is 0.364. The summed E-state index contributed by atoms with van der Waals surface area (Å²) in [4.78, 5) is 20.7. The summed E-state index contributed by atoms with van der Waals surface area (Å²) in [6, 6.07) is 5.96. The highest BCUT2D eigenvalue weighted by Gasteiger charge is 2.34. The Balaban J connectivity index is 1.74. The minimum absolute atomic E-state index is 0.0784. The largest absolute Gasteiger partial charge is 0.358 e. The summed E-state index contributed by atoms with van der Waals surface area (Å²) < 4.78 is 13.6. The maximum Gasteiger partial charge on any atom is 0.220 e. The topological polar surface area (TPSA) is 90.8 Å². The summed E-state index contributed by atoms with van der Waals surface area (Å²) in [6.07, 6.45) is 8.38. The van der Waals surface area contributed by atoms with E-state index in [9.17, 15) is 9.18 Å². The molecule has 7 heteroatoms. The molecule has 0 saturated carbocycles. The minimum Gasteiger partial charge on any atom is -0.358 e. The maximum atomic E-state index is 13.6. The number of benzene rings is 1. The number of aryl methyl sites for hydroxylation is 1. The Morgan fingerprint density at radius 3 is 2.90 bits per heavy atom. The van der Waals surface area contributed by atoms with Crippen LogP contribution in [-0.2, 0) is 11.2 Å². The predicted octanol–water partition coefficient (Wildman–Crippen LogP) is 3.87. The van der Waals surface area contributed by atoms with E-state index in [1.165, 1.54) is 18.3 Å². The van der Waals surface area contributed by atoms with Crippen LogP contribution in [0.3, 0.4) is 0 Å². The summed E-state index contributed by atoms with van der Waals surface area (Å²) in [5.74, 6) is -0.418. The first-order chi connectivity index (χ1) is 13.9. The van der Waals surface area contributed by atoms with Crippen molar-refractivity contribution >= 4 is 17.8 Å². The van der Waals surface area contributed by atoms with Gasteiger partial charge in [0.05, 0.1) is 11.7 Å². The average molecular weight is 395 g/mol. The molecule has 0 bridgehead atoms. The molecule has 3 rings (SSSR count). The smallest absolute Gasteiger partial charge is 0.220 e. The lowest BCUT2D eigenvalue weighted by Gasteiger charge is -2.38. The molecule has 1 atom stereocenters. The van der Waals surface area contributed by atoms with E-state index in [-0.39, 0.29) is 23.2 Å². The van der Waals surface area contributed by atoms with Crippen molar-refractivity contribution in [3.8, 4) is 0 Å². The molecule has 1 amide bonds. The van der Waals surface area contributed by atoms with Crippen LogP contribution in [0.4, 0.5) is 10.1 Å². The number of rotatable bonds is 7. The van der Waals surface area contributed by atoms with E-state index in [2.05, 4.69) is 34.4 Å². The van der Waals surface area contributed by atoms with Gasteiger partial charge >= 0.3 is 0 Å². The van der Waals surface area contributed by atoms with E-state index in [1.54, 1.807) is 30.7 Å². The third-order valence-corrected chi connectivity index (χ3v) is 4.97. The van der Waals surface area contributed by atoms with Crippen LogP contribution < -0.4 is 10.6 Å². The van der Waals surface area contributed by atoms with Gasteiger partial charge in [-0.1, -0.05) is 19.9 Å². The summed E-state index contributed by atoms with van der Waals surface area (Å²) in [5.41, 5.74) is 2.88. The van der Waals surface area contributed by atoms with Gasteiger partial charge in [-0.15, -0.1) is 0 Å². The van der Waals surface area contributed by atoms with E-state index in [0.29, 0.717) is 24.9 Å². The van der Waals surface area contributed by atoms with Gasteiger partial charge in [0, 0.05) is 48.2 Å². The molecular weight excluding hydrogens is 369 g/mol. The first-order valence-corrected chi connectivity index (χ1v) is 9.67. The molecule has 1 heterocycles. The Morgan fingerprint density at radius 1 is 1.38 bits per heavy atom. The van der Waals surface area contributed by atoms with Gasteiger partial charge in [0.15, 0.2) is 0 Å². The molecule has 0 aliphatic heterocycles.